The number of carboxylic acid groups (broad SMARTS) is 1. The van der Waals surface area contributed by atoms with Crippen LogP contribution in [0.4, 0.5) is 0 Å². The smallest absolute Gasteiger partial charge is 0.325 e. The van der Waals surface area contributed by atoms with Crippen molar-refractivity contribution in [2.75, 3.05) is 6.54 Å². The van der Waals surface area contributed by atoms with E-state index in [4.69, 9.17) is 28.3 Å². The Labute approximate surface area is 98.0 Å². The Morgan fingerprint density at radius 3 is 2.73 bits per heavy atom. The SMILES string of the molecule is CCNC(C(=O)O)c1cccc(Cl)c1Cl. The lowest BCUT2D eigenvalue weighted by molar-refractivity contribution is -0.139. The van der Waals surface area contributed by atoms with Crippen molar-refractivity contribution in [2.45, 2.75) is 13.0 Å². The highest BCUT2D eigenvalue weighted by Gasteiger charge is 2.21. The number of hydrogen-bond donors (Lipinski definition) is 2. The first-order valence-electron chi connectivity index (χ1n) is 4.48. The Balaban J connectivity index is 3.11. The van der Waals surface area contributed by atoms with Gasteiger partial charge in [-0.3, -0.25) is 4.79 Å². The second kappa shape index (κ2) is 5.35. The van der Waals surface area contributed by atoms with Crippen LogP contribution in [-0.4, -0.2) is 17.6 Å². The van der Waals surface area contributed by atoms with Gasteiger partial charge in [0, 0.05) is 5.56 Å². The molecule has 1 atom stereocenters. The van der Waals surface area contributed by atoms with Gasteiger partial charge >= 0.3 is 5.97 Å². The molecule has 0 bridgehead atoms. The number of carbonyl (C=O) groups is 1. The van der Waals surface area contributed by atoms with E-state index in [1.165, 1.54) is 0 Å². The van der Waals surface area contributed by atoms with Gasteiger partial charge in [-0.15, -0.1) is 0 Å². The molecule has 15 heavy (non-hydrogen) atoms. The minimum absolute atomic E-state index is 0.285. The number of nitrogens with one attached hydrogen (secondary N) is 1. The molecule has 3 nitrogen and oxygen atoms in total. The first kappa shape index (κ1) is 12.3. The Morgan fingerprint density at radius 2 is 2.20 bits per heavy atom. The summed E-state index contributed by atoms with van der Waals surface area (Å²) in [6, 6.07) is 4.13. The fraction of sp³-hybridized carbons (Fsp3) is 0.300. The van der Waals surface area contributed by atoms with E-state index in [1.807, 2.05) is 6.92 Å². The molecule has 0 amide bonds. The van der Waals surface area contributed by atoms with Crippen LogP contribution in [0.3, 0.4) is 0 Å². The van der Waals surface area contributed by atoms with Crippen molar-refractivity contribution in [1.82, 2.24) is 5.32 Å². The maximum Gasteiger partial charge on any atom is 0.325 e. The summed E-state index contributed by atoms with van der Waals surface area (Å²) >= 11 is 11.7. The Bertz CT molecular complexity index is 368. The molecule has 1 aromatic rings. The van der Waals surface area contributed by atoms with Crippen molar-refractivity contribution in [3.8, 4) is 0 Å². The van der Waals surface area contributed by atoms with E-state index in [-0.39, 0.29) is 5.02 Å². The molecule has 5 heteroatoms. The topological polar surface area (TPSA) is 49.3 Å². The van der Waals surface area contributed by atoms with Crippen LogP contribution in [0.2, 0.25) is 10.0 Å². The molecule has 1 rings (SSSR count). The van der Waals surface area contributed by atoms with Gasteiger partial charge in [0.25, 0.3) is 0 Å². The van der Waals surface area contributed by atoms with Crippen molar-refractivity contribution < 1.29 is 9.90 Å². The highest BCUT2D eigenvalue weighted by molar-refractivity contribution is 6.42. The third-order valence-electron chi connectivity index (χ3n) is 1.95. The zero-order valence-electron chi connectivity index (χ0n) is 8.13. The highest BCUT2D eigenvalue weighted by atomic mass is 35.5. The molecule has 0 aliphatic carbocycles. The lowest BCUT2D eigenvalue weighted by atomic mass is 10.1. The average molecular weight is 248 g/mol. The van der Waals surface area contributed by atoms with E-state index in [2.05, 4.69) is 5.32 Å². The number of hydrogen-bond acceptors (Lipinski definition) is 2. The van der Waals surface area contributed by atoms with Crippen molar-refractivity contribution in [2.24, 2.45) is 0 Å². The molecule has 0 spiro atoms. The predicted molar refractivity (Wildman–Crippen MR) is 60.5 cm³/mol. The zero-order chi connectivity index (χ0) is 11.4. The summed E-state index contributed by atoms with van der Waals surface area (Å²) < 4.78 is 0. The second-order valence-electron chi connectivity index (χ2n) is 2.97. The largest absolute Gasteiger partial charge is 0.480 e. The number of aliphatic carboxylic acids is 1. The van der Waals surface area contributed by atoms with Crippen molar-refractivity contribution in [3.63, 3.8) is 0 Å². The van der Waals surface area contributed by atoms with Gasteiger partial charge in [0.1, 0.15) is 6.04 Å². The fourth-order valence-corrected chi connectivity index (χ4v) is 1.69. The van der Waals surface area contributed by atoms with E-state index in [0.29, 0.717) is 17.1 Å². The molecule has 0 aromatic heterocycles. The standard InChI is InChI=1S/C10H11Cl2NO2/c1-2-13-9(10(14)15)6-4-3-5-7(11)8(6)12/h3-5,9,13H,2H2,1H3,(H,14,15). The molecule has 2 N–H and O–H groups in total. The molecular weight excluding hydrogens is 237 g/mol. The minimum Gasteiger partial charge on any atom is -0.480 e. The van der Waals surface area contributed by atoms with Crippen LogP contribution in [0.1, 0.15) is 18.5 Å². The lowest BCUT2D eigenvalue weighted by Crippen LogP contribution is -2.28. The summed E-state index contributed by atoms with van der Waals surface area (Å²) in [4.78, 5) is 11.0. The minimum atomic E-state index is -0.971. The van der Waals surface area contributed by atoms with Gasteiger partial charge in [-0.25, -0.2) is 0 Å². The van der Waals surface area contributed by atoms with Crippen LogP contribution in [0.5, 0.6) is 0 Å². The van der Waals surface area contributed by atoms with Gasteiger partial charge in [0.15, 0.2) is 0 Å². The second-order valence-corrected chi connectivity index (χ2v) is 3.76. The Hall–Kier alpha value is -0.770. The molecule has 0 fully saturated rings. The van der Waals surface area contributed by atoms with Crippen molar-refractivity contribution in [1.29, 1.82) is 0 Å². The van der Waals surface area contributed by atoms with Crippen LogP contribution in [-0.2, 0) is 4.79 Å². The third kappa shape index (κ3) is 2.84. The van der Waals surface area contributed by atoms with Crippen LogP contribution in [0, 0.1) is 0 Å². The van der Waals surface area contributed by atoms with Crippen LogP contribution in [0.25, 0.3) is 0 Å². The number of carboxylic acids is 1. The van der Waals surface area contributed by atoms with E-state index >= 15 is 0 Å². The third-order valence-corrected chi connectivity index (χ3v) is 2.78. The summed E-state index contributed by atoms with van der Waals surface area (Å²) in [5.41, 5.74) is 0.485. The van der Waals surface area contributed by atoms with Crippen LogP contribution < -0.4 is 5.32 Å². The number of halogens is 2. The lowest BCUT2D eigenvalue weighted by Gasteiger charge is -2.15. The van der Waals surface area contributed by atoms with Crippen LogP contribution >= 0.6 is 23.2 Å². The van der Waals surface area contributed by atoms with Crippen LogP contribution in [0.15, 0.2) is 18.2 Å². The molecule has 0 heterocycles. The first-order chi connectivity index (χ1) is 7.07. The van der Waals surface area contributed by atoms with E-state index < -0.39 is 12.0 Å². The maximum atomic E-state index is 11.0. The highest BCUT2D eigenvalue weighted by Crippen LogP contribution is 2.29. The monoisotopic (exact) mass is 247 g/mol. The van der Waals surface area contributed by atoms with E-state index in [0.717, 1.165) is 0 Å². The molecule has 1 aromatic carbocycles. The summed E-state index contributed by atoms with van der Waals surface area (Å²) in [6.07, 6.45) is 0. The molecule has 82 valence electrons. The number of benzene rings is 1. The Morgan fingerprint density at radius 1 is 1.53 bits per heavy atom. The van der Waals surface area contributed by atoms with Crippen molar-refractivity contribution in [3.05, 3.63) is 33.8 Å². The summed E-state index contributed by atoms with van der Waals surface area (Å²) in [7, 11) is 0. The van der Waals surface area contributed by atoms with Gasteiger partial charge in [-0.1, -0.05) is 42.3 Å². The average Bonchev–Trinajstić information content (AvgIpc) is 2.19. The van der Waals surface area contributed by atoms with Gasteiger partial charge in [0.2, 0.25) is 0 Å². The zero-order valence-corrected chi connectivity index (χ0v) is 9.64. The molecule has 0 aliphatic heterocycles. The molecule has 0 saturated heterocycles. The number of likely N-dealkylation sites (N-methyl/N-ethyl adjacent to an activating group) is 1. The van der Waals surface area contributed by atoms with Gasteiger partial charge in [-0.2, -0.15) is 0 Å². The van der Waals surface area contributed by atoms with E-state index in [1.54, 1.807) is 18.2 Å². The maximum absolute atomic E-state index is 11.0. The quantitative estimate of drug-likeness (QED) is 0.861. The number of rotatable bonds is 4. The summed E-state index contributed by atoms with van der Waals surface area (Å²) in [5.74, 6) is -0.971. The molecule has 1 unspecified atom stereocenters. The normalized spacial score (nSPS) is 12.5. The Kier molecular flexibility index (Phi) is 4.39. The molecule has 0 aliphatic rings. The van der Waals surface area contributed by atoms with Gasteiger partial charge in [-0.05, 0) is 12.6 Å². The summed E-state index contributed by atoms with van der Waals surface area (Å²) in [6.45, 7) is 2.37. The van der Waals surface area contributed by atoms with E-state index in [9.17, 15) is 4.79 Å². The van der Waals surface area contributed by atoms with Gasteiger partial charge in [0.05, 0.1) is 10.0 Å². The summed E-state index contributed by atoms with van der Waals surface area (Å²) in [5, 5.41) is 12.5. The molecule has 0 radical (unpaired) electrons. The first-order valence-corrected chi connectivity index (χ1v) is 5.23. The van der Waals surface area contributed by atoms with Crippen molar-refractivity contribution >= 4 is 29.2 Å². The van der Waals surface area contributed by atoms with Gasteiger partial charge < -0.3 is 10.4 Å². The predicted octanol–water partition coefficient (Wildman–Crippen LogP) is 2.73. The fourth-order valence-electron chi connectivity index (χ4n) is 1.28. The molecule has 0 saturated carbocycles. The molecular formula is C10H11Cl2NO2.